The lowest BCUT2D eigenvalue weighted by Gasteiger charge is -2.06. The van der Waals surface area contributed by atoms with Crippen molar-refractivity contribution in [1.29, 1.82) is 0 Å². The topological polar surface area (TPSA) is 70.7 Å². The highest BCUT2D eigenvalue weighted by atomic mass is 32.1. The molecular weight excluding hydrogens is 296 g/mol. The summed E-state index contributed by atoms with van der Waals surface area (Å²) in [5, 5.41) is 5.10. The lowest BCUT2D eigenvalue weighted by Crippen LogP contribution is -2.09. The average Bonchev–Trinajstić information content (AvgIpc) is 2.91. The van der Waals surface area contributed by atoms with Crippen molar-refractivity contribution in [2.24, 2.45) is 5.92 Å². The number of rotatable bonds is 5. The van der Waals surface area contributed by atoms with Crippen molar-refractivity contribution in [3.8, 4) is 0 Å². The fraction of sp³-hybridized carbons (Fsp3) is 0.312. The average molecular weight is 314 g/mol. The van der Waals surface area contributed by atoms with Crippen LogP contribution < -0.4 is 10.9 Å². The van der Waals surface area contributed by atoms with Crippen LogP contribution in [-0.2, 0) is 13.0 Å². The van der Waals surface area contributed by atoms with Crippen LogP contribution in [0.1, 0.15) is 25.2 Å². The summed E-state index contributed by atoms with van der Waals surface area (Å²) < 4.78 is 4.35. The molecule has 3 aromatic rings. The molecule has 0 radical (unpaired) electrons. The Bertz CT molecular complexity index is 837. The van der Waals surface area contributed by atoms with Crippen LogP contribution in [-0.4, -0.2) is 14.3 Å². The maximum Gasteiger partial charge on any atom is 0.248 e. The molecule has 0 atom stereocenters. The number of fused-ring (bicyclic) bond motifs is 1. The molecule has 0 aliphatic rings. The predicted molar refractivity (Wildman–Crippen MR) is 90.3 cm³/mol. The van der Waals surface area contributed by atoms with Crippen LogP contribution in [0.2, 0.25) is 0 Å². The number of para-hydroxylation sites is 1. The maximum absolute atomic E-state index is 11.7. The summed E-state index contributed by atoms with van der Waals surface area (Å²) in [5.41, 5.74) is 1.72. The van der Waals surface area contributed by atoms with E-state index in [-0.39, 0.29) is 5.56 Å². The first-order chi connectivity index (χ1) is 10.6. The molecule has 2 N–H and O–H groups in total. The highest BCUT2D eigenvalue weighted by Gasteiger charge is 2.07. The van der Waals surface area contributed by atoms with Gasteiger partial charge in [-0.25, -0.2) is 4.98 Å². The van der Waals surface area contributed by atoms with Crippen LogP contribution in [0, 0.1) is 5.92 Å². The molecule has 6 heteroatoms. The van der Waals surface area contributed by atoms with Gasteiger partial charge in [0.25, 0.3) is 0 Å². The third kappa shape index (κ3) is 3.33. The number of nitrogens with zero attached hydrogens (tertiary/aromatic N) is 2. The number of benzene rings is 1. The lowest BCUT2D eigenvalue weighted by atomic mass is 10.1. The Labute approximate surface area is 132 Å². The molecule has 0 unspecified atom stereocenters. The van der Waals surface area contributed by atoms with E-state index in [4.69, 9.17) is 0 Å². The number of pyridine rings is 1. The minimum Gasteiger partial charge on any atom is -0.356 e. The molecule has 1 aromatic carbocycles. The lowest BCUT2D eigenvalue weighted by molar-refractivity contribution is 0.627. The van der Waals surface area contributed by atoms with Crippen molar-refractivity contribution in [3.63, 3.8) is 0 Å². The van der Waals surface area contributed by atoms with E-state index in [1.807, 2.05) is 24.3 Å². The van der Waals surface area contributed by atoms with E-state index < -0.39 is 0 Å². The zero-order chi connectivity index (χ0) is 15.5. The number of aromatic amines is 1. The van der Waals surface area contributed by atoms with E-state index in [2.05, 4.69) is 33.5 Å². The Morgan fingerprint density at radius 3 is 2.95 bits per heavy atom. The van der Waals surface area contributed by atoms with Crippen LogP contribution in [0.5, 0.6) is 0 Å². The number of nitrogens with one attached hydrogen (secondary N) is 2. The summed E-state index contributed by atoms with van der Waals surface area (Å²) in [6, 6.07) is 9.43. The molecule has 22 heavy (non-hydrogen) atoms. The third-order valence-corrected chi connectivity index (χ3v) is 4.04. The Kier molecular flexibility index (Phi) is 4.20. The number of H-pyrrole nitrogens is 1. The van der Waals surface area contributed by atoms with Crippen molar-refractivity contribution in [2.75, 3.05) is 5.32 Å². The summed E-state index contributed by atoms with van der Waals surface area (Å²) >= 11 is 1.36. The molecule has 0 bridgehead atoms. The molecular formula is C16H18N4OS. The predicted octanol–water partition coefficient (Wildman–Crippen LogP) is 3.19. The molecule has 5 nitrogen and oxygen atoms in total. The fourth-order valence-corrected chi connectivity index (χ4v) is 2.96. The van der Waals surface area contributed by atoms with Gasteiger partial charge in [0.05, 0.1) is 0 Å². The molecule has 3 rings (SSSR count). The zero-order valence-electron chi connectivity index (χ0n) is 12.6. The third-order valence-electron chi connectivity index (χ3n) is 3.33. The molecule has 0 aliphatic heterocycles. The normalized spacial score (nSPS) is 11.2. The number of anilines is 1. The first-order valence-electron chi connectivity index (χ1n) is 7.29. The van der Waals surface area contributed by atoms with Crippen LogP contribution in [0.15, 0.2) is 35.1 Å². The van der Waals surface area contributed by atoms with Gasteiger partial charge in [-0.15, -0.1) is 0 Å². The van der Waals surface area contributed by atoms with Gasteiger partial charge in [-0.1, -0.05) is 32.0 Å². The summed E-state index contributed by atoms with van der Waals surface area (Å²) in [6.07, 6.45) is 0.881. The van der Waals surface area contributed by atoms with E-state index in [1.165, 1.54) is 11.5 Å². The molecule has 0 spiro atoms. The van der Waals surface area contributed by atoms with Gasteiger partial charge in [-0.05, 0) is 17.5 Å². The first kappa shape index (κ1) is 14.7. The van der Waals surface area contributed by atoms with Crippen molar-refractivity contribution in [3.05, 3.63) is 52.1 Å². The minimum atomic E-state index is -0.0896. The van der Waals surface area contributed by atoms with E-state index in [0.717, 1.165) is 33.8 Å². The molecule has 2 aromatic heterocycles. The van der Waals surface area contributed by atoms with E-state index in [9.17, 15) is 4.79 Å². The van der Waals surface area contributed by atoms with Gasteiger partial charge in [-0.2, -0.15) is 4.37 Å². The van der Waals surface area contributed by atoms with E-state index in [0.29, 0.717) is 12.5 Å². The SMILES string of the molecule is CC(C)Cc1nsc(NCc2cc(=O)[nH]c3ccccc23)n1. The largest absolute Gasteiger partial charge is 0.356 e. The van der Waals surface area contributed by atoms with Crippen LogP contribution in [0.4, 0.5) is 5.13 Å². The van der Waals surface area contributed by atoms with Gasteiger partial charge in [0.1, 0.15) is 5.82 Å². The molecule has 0 aliphatic carbocycles. The summed E-state index contributed by atoms with van der Waals surface area (Å²) in [5.74, 6) is 1.41. The van der Waals surface area contributed by atoms with E-state index >= 15 is 0 Å². The summed E-state index contributed by atoms with van der Waals surface area (Å²) in [6.45, 7) is 4.85. The van der Waals surface area contributed by atoms with Crippen LogP contribution in [0.25, 0.3) is 10.9 Å². The fourth-order valence-electron chi connectivity index (χ4n) is 2.37. The second-order valence-electron chi connectivity index (χ2n) is 5.67. The smallest absolute Gasteiger partial charge is 0.248 e. The number of hydrogen-bond donors (Lipinski definition) is 2. The Balaban J connectivity index is 1.79. The van der Waals surface area contributed by atoms with Crippen molar-refractivity contribution in [1.82, 2.24) is 14.3 Å². The van der Waals surface area contributed by atoms with Crippen LogP contribution >= 0.6 is 11.5 Å². The van der Waals surface area contributed by atoms with Crippen molar-refractivity contribution in [2.45, 2.75) is 26.8 Å². The first-order valence-corrected chi connectivity index (χ1v) is 8.06. The van der Waals surface area contributed by atoms with Gasteiger partial charge >= 0.3 is 0 Å². The monoisotopic (exact) mass is 314 g/mol. The molecule has 114 valence electrons. The molecule has 0 saturated carbocycles. The van der Waals surface area contributed by atoms with Gasteiger partial charge in [0, 0.05) is 41.5 Å². The summed E-state index contributed by atoms with van der Waals surface area (Å²) in [7, 11) is 0. The Hall–Kier alpha value is -2.21. The number of hydrogen-bond acceptors (Lipinski definition) is 5. The number of aromatic nitrogens is 3. The quantitative estimate of drug-likeness (QED) is 0.759. The molecule has 2 heterocycles. The molecule has 0 fully saturated rings. The van der Waals surface area contributed by atoms with Crippen LogP contribution in [0.3, 0.4) is 0 Å². The van der Waals surface area contributed by atoms with Gasteiger partial charge < -0.3 is 10.3 Å². The van der Waals surface area contributed by atoms with E-state index in [1.54, 1.807) is 6.07 Å². The Morgan fingerprint density at radius 2 is 2.14 bits per heavy atom. The molecule has 0 saturated heterocycles. The van der Waals surface area contributed by atoms with Gasteiger partial charge in [-0.3, -0.25) is 4.79 Å². The van der Waals surface area contributed by atoms with Gasteiger partial charge in [0.15, 0.2) is 0 Å². The molecule has 0 amide bonds. The second-order valence-corrected chi connectivity index (χ2v) is 6.42. The van der Waals surface area contributed by atoms with Gasteiger partial charge in [0.2, 0.25) is 10.7 Å². The Morgan fingerprint density at radius 1 is 1.32 bits per heavy atom. The highest BCUT2D eigenvalue weighted by Crippen LogP contribution is 2.18. The van der Waals surface area contributed by atoms with Crippen molar-refractivity contribution < 1.29 is 0 Å². The highest BCUT2D eigenvalue weighted by molar-refractivity contribution is 7.09. The standard InChI is InChI=1S/C16H18N4OS/c1-10(2)7-14-19-16(22-20-14)17-9-11-8-15(21)18-13-6-4-3-5-12(11)13/h3-6,8,10H,7,9H2,1-2H3,(H,18,21)(H,17,19,20). The summed E-state index contributed by atoms with van der Waals surface area (Å²) in [4.78, 5) is 19.1. The zero-order valence-corrected chi connectivity index (χ0v) is 13.4. The second kappa shape index (κ2) is 6.27. The van der Waals surface area contributed by atoms with Crippen molar-refractivity contribution >= 4 is 27.6 Å². The maximum atomic E-state index is 11.7. The minimum absolute atomic E-state index is 0.0896.